The minimum Gasteiger partial charge on any atom is -0.496 e. The van der Waals surface area contributed by atoms with Gasteiger partial charge in [-0.25, -0.2) is 4.98 Å². The zero-order valence-corrected chi connectivity index (χ0v) is 19.2. The summed E-state index contributed by atoms with van der Waals surface area (Å²) in [6.07, 6.45) is 3.58. The van der Waals surface area contributed by atoms with Gasteiger partial charge in [-0.05, 0) is 82.3 Å². The van der Waals surface area contributed by atoms with Gasteiger partial charge in [0.15, 0.2) is 5.78 Å². The molecule has 0 atom stereocenters. The number of hydrogen-bond donors (Lipinski definition) is 2. The number of nitrogens with one attached hydrogen (secondary N) is 1. The van der Waals surface area contributed by atoms with Gasteiger partial charge in [-0.15, -0.1) is 0 Å². The summed E-state index contributed by atoms with van der Waals surface area (Å²) >= 11 is 0. The number of nitrogens with zero attached hydrogens (tertiary/aromatic N) is 2. The van der Waals surface area contributed by atoms with Crippen molar-refractivity contribution in [1.82, 2.24) is 9.38 Å². The number of Topliss-reactive ketones (excluding diaryl/α,β-unsaturated/α-hetero) is 1. The third-order valence-electron chi connectivity index (χ3n) is 5.28. The fourth-order valence-electron chi connectivity index (χ4n) is 3.84. The standard InChI is InChI=1S/C25H32N4O2/c1-15(2)27-25-21(10-9-19-8-7-16(3)22(13-19)31-6)28-23-14-20(11-12-29(23)25)24(17(4)26)18(5)30/h7-8,11-15,27H,9-10,26H2,1-6H3. The second kappa shape index (κ2) is 9.25. The first-order valence-corrected chi connectivity index (χ1v) is 10.6. The van der Waals surface area contributed by atoms with Crippen molar-refractivity contribution in [1.29, 1.82) is 0 Å². The number of nitrogens with two attached hydrogens (primary N) is 1. The summed E-state index contributed by atoms with van der Waals surface area (Å²) in [5, 5.41) is 3.53. The van der Waals surface area contributed by atoms with E-state index in [0.717, 1.165) is 46.9 Å². The van der Waals surface area contributed by atoms with Gasteiger partial charge in [0.05, 0.1) is 12.8 Å². The number of carbonyl (C=O) groups is 1. The zero-order valence-electron chi connectivity index (χ0n) is 19.2. The number of imidazole rings is 1. The van der Waals surface area contributed by atoms with Crippen LogP contribution in [-0.4, -0.2) is 28.3 Å². The molecule has 0 bridgehead atoms. The van der Waals surface area contributed by atoms with Crippen molar-refractivity contribution in [2.45, 2.75) is 53.5 Å². The fraction of sp³-hybridized carbons (Fsp3) is 0.360. The Kier molecular flexibility index (Phi) is 6.68. The Labute approximate surface area is 184 Å². The Bertz CT molecular complexity index is 1140. The number of anilines is 1. The van der Waals surface area contributed by atoms with Crippen LogP contribution in [0.15, 0.2) is 42.2 Å². The summed E-state index contributed by atoms with van der Waals surface area (Å²) in [6, 6.07) is 10.4. The van der Waals surface area contributed by atoms with Crippen LogP contribution in [0.1, 0.15) is 50.1 Å². The molecule has 0 fully saturated rings. The van der Waals surface area contributed by atoms with E-state index in [0.29, 0.717) is 11.3 Å². The number of pyridine rings is 1. The maximum atomic E-state index is 12.1. The Balaban J connectivity index is 1.99. The molecule has 2 heterocycles. The summed E-state index contributed by atoms with van der Waals surface area (Å²) in [7, 11) is 1.70. The first-order chi connectivity index (χ1) is 14.7. The average molecular weight is 421 g/mol. The Morgan fingerprint density at radius 3 is 2.55 bits per heavy atom. The molecule has 3 N–H and O–H groups in total. The summed E-state index contributed by atoms with van der Waals surface area (Å²) in [5.74, 6) is 1.83. The molecule has 2 aromatic heterocycles. The van der Waals surface area contributed by atoms with Gasteiger partial charge in [-0.3, -0.25) is 9.20 Å². The summed E-state index contributed by atoms with van der Waals surface area (Å²) in [5.41, 5.74) is 11.9. The number of ether oxygens (including phenoxy) is 1. The Morgan fingerprint density at radius 2 is 1.94 bits per heavy atom. The highest BCUT2D eigenvalue weighted by Gasteiger charge is 2.16. The van der Waals surface area contributed by atoms with Crippen molar-refractivity contribution in [3.63, 3.8) is 0 Å². The average Bonchev–Trinajstić information content (AvgIpc) is 3.03. The smallest absolute Gasteiger partial charge is 0.162 e. The minimum atomic E-state index is -0.0509. The number of methoxy groups -OCH3 is 1. The molecule has 0 aliphatic rings. The molecule has 0 aliphatic heterocycles. The number of fused-ring (bicyclic) bond motifs is 1. The quantitative estimate of drug-likeness (QED) is 0.523. The van der Waals surface area contributed by atoms with E-state index >= 15 is 0 Å². The fourth-order valence-corrected chi connectivity index (χ4v) is 3.84. The van der Waals surface area contributed by atoms with Crippen LogP contribution in [0.3, 0.4) is 0 Å². The van der Waals surface area contributed by atoms with Crippen LogP contribution in [0, 0.1) is 6.92 Å². The van der Waals surface area contributed by atoms with Crippen molar-refractivity contribution in [3.8, 4) is 5.75 Å². The minimum absolute atomic E-state index is 0.0509. The second-order valence-electron chi connectivity index (χ2n) is 8.27. The van der Waals surface area contributed by atoms with Crippen LogP contribution in [0.5, 0.6) is 5.75 Å². The van der Waals surface area contributed by atoms with Crippen LogP contribution in [-0.2, 0) is 17.6 Å². The predicted molar refractivity (Wildman–Crippen MR) is 127 cm³/mol. The first-order valence-electron chi connectivity index (χ1n) is 10.6. The van der Waals surface area contributed by atoms with Crippen molar-refractivity contribution in [2.75, 3.05) is 12.4 Å². The van der Waals surface area contributed by atoms with Gasteiger partial charge in [-0.1, -0.05) is 12.1 Å². The Morgan fingerprint density at radius 1 is 1.19 bits per heavy atom. The topological polar surface area (TPSA) is 81.6 Å². The number of rotatable bonds is 8. The summed E-state index contributed by atoms with van der Waals surface area (Å²) in [6.45, 7) is 9.54. The molecule has 164 valence electrons. The van der Waals surface area contributed by atoms with E-state index in [2.05, 4.69) is 37.4 Å². The third kappa shape index (κ3) is 4.90. The molecule has 6 heteroatoms. The van der Waals surface area contributed by atoms with Crippen molar-refractivity contribution < 1.29 is 9.53 Å². The van der Waals surface area contributed by atoms with Crippen LogP contribution >= 0.6 is 0 Å². The molecule has 1 aromatic carbocycles. The van der Waals surface area contributed by atoms with E-state index in [4.69, 9.17) is 15.5 Å². The molecular formula is C25H32N4O2. The first kappa shape index (κ1) is 22.4. The number of hydrogen-bond acceptors (Lipinski definition) is 5. The van der Waals surface area contributed by atoms with Gasteiger partial charge in [0.25, 0.3) is 0 Å². The number of benzene rings is 1. The van der Waals surface area contributed by atoms with Gasteiger partial charge in [0.2, 0.25) is 0 Å². The van der Waals surface area contributed by atoms with Crippen molar-refractivity contribution in [3.05, 3.63) is 64.6 Å². The van der Waals surface area contributed by atoms with Crippen LogP contribution < -0.4 is 15.8 Å². The highest BCUT2D eigenvalue weighted by atomic mass is 16.5. The largest absolute Gasteiger partial charge is 0.496 e. The lowest BCUT2D eigenvalue weighted by Gasteiger charge is -2.13. The molecule has 0 saturated carbocycles. The van der Waals surface area contributed by atoms with E-state index in [1.807, 2.05) is 29.7 Å². The molecule has 0 radical (unpaired) electrons. The van der Waals surface area contributed by atoms with Gasteiger partial charge in [-0.2, -0.15) is 0 Å². The van der Waals surface area contributed by atoms with Crippen molar-refractivity contribution in [2.24, 2.45) is 5.73 Å². The Hall–Kier alpha value is -3.28. The number of aryl methyl sites for hydroxylation is 3. The summed E-state index contributed by atoms with van der Waals surface area (Å²) < 4.78 is 7.50. The van der Waals surface area contributed by atoms with E-state index in [-0.39, 0.29) is 11.8 Å². The lowest BCUT2D eigenvalue weighted by Crippen LogP contribution is -2.13. The van der Waals surface area contributed by atoms with Crippen LogP contribution in [0.4, 0.5) is 5.82 Å². The highest BCUT2D eigenvalue weighted by Crippen LogP contribution is 2.26. The van der Waals surface area contributed by atoms with Gasteiger partial charge < -0.3 is 15.8 Å². The summed E-state index contributed by atoms with van der Waals surface area (Å²) in [4.78, 5) is 17.0. The SMILES string of the molecule is COc1cc(CCc2nc3cc(C(C(C)=O)=C(C)N)ccn3c2NC(C)C)ccc1C. The van der Waals surface area contributed by atoms with Gasteiger partial charge in [0, 0.05) is 23.5 Å². The number of carbonyl (C=O) groups excluding carboxylic acids is 1. The molecule has 0 unspecified atom stereocenters. The maximum absolute atomic E-state index is 12.1. The number of aromatic nitrogens is 2. The molecule has 0 spiro atoms. The normalized spacial score (nSPS) is 12.2. The number of allylic oxidation sites excluding steroid dienone is 2. The van der Waals surface area contributed by atoms with Crippen molar-refractivity contribution >= 4 is 22.8 Å². The monoisotopic (exact) mass is 420 g/mol. The molecule has 3 rings (SSSR count). The predicted octanol–water partition coefficient (Wildman–Crippen LogP) is 4.54. The van der Waals surface area contributed by atoms with E-state index in [1.165, 1.54) is 12.5 Å². The molecule has 0 aliphatic carbocycles. The molecule has 3 aromatic rings. The van der Waals surface area contributed by atoms with Gasteiger partial charge in [0.1, 0.15) is 17.2 Å². The number of ketones is 1. The lowest BCUT2D eigenvalue weighted by atomic mass is 10.0. The molecule has 0 amide bonds. The molecule has 0 saturated heterocycles. The van der Waals surface area contributed by atoms with E-state index < -0.39 is 0 Å². The lowest BCUT2D eigenvalue weighted by molar-refractivity contribution is -0.111. The highest BCUT2D eigenvalue weighted by molar-refractivity contribution is 6.20. The van der Waals surface area contributed by atoms with E-state index in [9.17, 15) is 4.79 Å². The second-order valence-corrected chi connectivity index (χ2v) is 8.27. The zero-order chi connectivity index (χ0) is 22.7. The van der Waals surface area contributed by atoms with Gasteiger partial charge >= 0.3 is 0 Å². The third-order valence-corrected chi connectivity index (χ3v) is 5.28. The van der Waals surface area contributed by atoms with E-state index in [1.54, 1.807) is 14.0 Å². The molecular weight excluding hydrogens is 388 g/mol. The molecule has 6 nitrogen and oxygen atoms in total. The molecule has 31 heavy (non-hydrogen) atoms. The maximum Gasteiger partial charge on any atom is 0.162 e. The van der Waals surface area contributed by atoms with Crippen LogP contribution in [0.25, 0.3) is 11.2 Å². The van der Waals surface area contributed by atoms with Crippen LogP contribution in [0.2, 0.25) is 0 Å².